The van der Waals surface area contributed by atoms with Crippen LogP contribution >= 0.6 is 11.3 Å². The van der Waals surface area contributed by atoms with Crippen molar-refractivity contribution < 1.29 is 4.79 Å². The van der Waals surface area contributed by atoms with Crippen molar-refractivity contribution in [1.82, 2.24) is 15.2 Å². The molecular formula is C15H20N4OS. The van der Waals surface area contributed by atoms with E-state index in [0.717, 1.165) is 17.1 Å². The third-order valence-electron chi connectivity index (χ3n) is 3.00. The summed E-state index contributed by atoms with van der Waals surface area (Å²) in [6, 6.07) is 8.11. The molecule has 0 atom stereocenters. The first-order valence-electron chi connectivity index (χ1n) is 6.74. The molecule has 0 radical (unpaired) electrons. The van der Waals surface area contributed by atoms with Crippen LogP contribution in [0.3, 0.4) is 0 Å². The second kappa shape index (κ2) is 7.31. The molecule has 0 aliphatic heterocycles. The van der Waals surface area contributed by atoms with E-state index in [1.54, 1.807) is 5.38 Å². The molecule has 112 valence electrons. The Morgan fingerprint density at radius 2 is 2.05 bits per heavy atom. The maximum Gasteiger partial charge on any atom is 0.271 e. The number of nitrogens with one attached hydrogen (secondary N) is 1. The summed E-state index contributed by atoms with van der Waals surface area (Å²) >= 11 is 1.41. The molecule has 21 heavy (non-hydrogen) atoms. The Kier molecular flexibility index (Phi) is 5.44. The first-order chi connectivity index (χ1) is 10.1. The number of hydrogen-bond acceptors (Lipinski definition) is 5. The number of nitrogens with two attached hydrogens (primary N) is 1. The molecule has 1 aromatic heterocycles. The van der Waals surface area contributed by atoms with Gasteiger partial charge in [-0.3, -0.25) is 4.79 Å². The molecule has 0 aliphatic rings. The van der Waals surface area contributed by atoms with Gasteiger partial charge in [0.15, 0.2) is 0 Å². The van der Waals surface area contributed by atoms with Crippen LogP contribution in [0, 0.1) is 0 Å². The Hall–Kier alpha value is -1.76. The van der Waals surface area contributed by atoms with Gasteiger partial charge < -0.3 is 16.0 Å². The molecule has 0 fully saturated rings. The van der Waals surface area contributed by atoms with Gasteiger partial charge in [0.2, 0.25) is 0 Å². The van der Waals surface area contributed by atoms with E-state index < -0.39 is 0 Å². The summed E-state index contributed by atoms with van der Waals surface area (Å²) < 4.78 is 0. The Balaban J connectivity index is 2.01. The molecule has 0 unspecified atom stereocenters. The summed E-state index contributed by atoms with van der Waals surface area (Å²) in [6.45, 7) is 1.71. The molecule has 1 amide bonds. The highest BCUT2D eigenvalue weighted by molar-refractivity contribution is 7.09. The van der Waals surface area contributed by atoms with Crippen LogP contribution in [0.25, 0.3) is 0 Å². The minimum atomic E-state index is -0.161. The van der Waals surface area contributed by atoms with Gasteiger partial charge in [-0.2, -0.15) is 0 Å². The van der Waals surface area contributed by atoms with E-state index in [1.165, 1.54) is 16.9 Å². The van der Waals surface area contributed by atoms with Gasteiger partial charge in [0.1, 0.15) is 10.7 Å². The fourth-order valence-corrected chi connectivity index (χ4v) is 2.65. The molecule has 0 saturated carbocycles. The molecular weight excluding hydrogens is 284 g/mol. The predicted molar refractivity (Wildman–Crippen MR) is 85.0 cm³/mol. The minimum absolute atomic E-state index is 0.161. The van der Waals surface area contributed by atoms with Crippen molar-refractivity contribution in [2.24, 2.45) is 5.73 Å². The highest BCUT2D eigenvalue weighted by Gasteiger charge is 2.11. The van der Waals surface area contributed by atoms with Gasteiger partial charge >= 0.3 is 0 Å². The lowest BCUT2D eigenvalue weighted by atomic mass is 10.1. The summed E-state index contributed by atoms with van der Waals surface area (Å²) in [5.74, 6) is -0.161. The number of rotatable bonds is 6. The summed E-state index contributed by atoms with van der Waals surface area (Å²) in [4.78, 5) is 18.4. The quantitative estimate of drug-likeness (QED) is 0.850. The molecule has 0 bridgehead atoms. The fraction of sp³-hybridized carbons (Fsp3) is 0.333. The van der Waals surface area contributed by atoms with Crippen LogP contribution in [0.4, 0.5) is 0 Å². The normalized spacial score (nSPS) is 10.9. The summed E-state index contributed by atoms with van der Waals surface area (Å²) in [6.07, 6.45) is 0. The zero-order chi connectivity index (χ0) is 15.2. The third kappa shape index (κ3) is 4.35. The fourth-order valence-electron chi connectivity index (χ4n) is 2.00. The Morgan fingerprint density at radius 3 is 2.67 bits per heavy atom. The standard InChI is InChI=1S/C15H20N4OS/c1-19(2)9-12-6-4-3-5-11(12)8-17-15(20)13-10-21-14(7-16)18-13/h3-6,10H,7-9,16H2,1-2H3,(H,17,20). The maximum atomic E-state index is 12.1. The number of carbonyl (C=O) groups is 1. The Bertz CT molecular complexity index is 609. The zero-order valence-corrected chi connectivity index (χ0v) is 13.1. The van der Waals surface area contributed by atoms with Gasteiger partial charge in [-0.05, 0) is 25.2 Å². The second-order valence-corrected chi connectivity index (χ2v) is 5.96. The van der Waals surface area contributed by atoms with Crippen molar-refractivity contribution in [2.45, 2.75) is 19.6 Å². The van der Waals surface area contributed by atoms with E-state index in [1.807, 2.05) is 32.3 Å². The monoisotopic (exact) mass is 304 g/mol. The first kappa shape index (κ1) is 15.6. The number of benzene rings is 1. The first-order valence-corrected chi connectivity index (χ1v) is 7.62. The van der Waals surface area contributed by atoms with Crippen molar-refractivity contribution in [2.75, 3.05) is 14.1 Å². The summed E-state index contributed by atoms with van der Waals surface area (Å²) in [5.41, 5.74) is 8.27. The summed E-state index contributed by atoms with van der Waals surface area (Å²) in [7, 11) is 4.05. The van der Waals surface area contributed by atoms with Crippen LogP contribution in [0.1, 0.15) is 26.6 Å². The van der Waals surface area contributed by atoms with E-state index in [2.05, 4.69) is 21.3 Å². The van der Waals surface area contributed by atoms with Gasteiger partial charge in [0.25, 0.3) is 5.91 Å². The molecule has 0 saturated heterocycles. The molecule has 1 aromatic carbocycles. The summed E-state index contributed by atoms with van der Waals surface area (Å²) in [5, 5.41) is 5.42. The van der Waals surface area contributed by atoms with E-state index >= 15 is 0 Å². The average molecular weight is 304 g/mol. The molecule has 3 N–H and O–H groups in total. The van der Waals surface area contributed by atoms with Crippen LogP contribution in [-0.2, 0) is 19.6 Å². The lowest BCUT2D eigenvalue weighted by Crippen LogP contribution is -2.24. The Labute approximate surface area is 128 Å². The Morgan fingerprint density at radius 1 is 1.33 bits per heavy atom. The number of aromatic nitrogens is 1. The van der Waals surface area contributed by atoms with Crippen LogP contribution in [0.5, 0.6) is 0 Å². The van der Waals surface area contributed by atoms with Crippen LogP contribution in [-0.4, -0.2) is 29.9 Å². The SMILES string of the molecule is CN(C)Cc1ccccc1CNC(=O)c1csc(CN)n1. The largest absolute Gasteiger partial charge is 0.347 e. The topological polar surface area (TPSA) is 71.2 Å². The molecule has 2 rings (SSSR count). The lowest BCUT2D eigenvalue weighted by Gasteiger charge is -2.14. The molecule has 0 aliphatic carbocycles. The highest BCUT2D eigenvalue weighted by Crippen LogP contribution is 2.12. The van der Waals surface area contributed by atoms with Gasteiger partial charge in [0, 0.05) is 25.0 Å². The van der Waals surface area contributed by atoms with Crippen molar-refractivity contribution in [3.63, 3.8) is 0 Å². The third-order valence-corrected chi connectivity index (χ3v) is 3.87. The van der Waals surface area contributed by atoms with Crippen molar-refractivity contribution in [1.29, 1.82) is 0 Å². The molecule has 0 spiro atoms. The van der Waals surface area contributed by atoms with Crippen LogP contribution < -0.4 is 11.1 Å². The predicted octanol–water partition coefficient (Wildman–Crippen LogP) is 1.59. The maximum absolute atomic E-state index is 12.1. The number of nitrogens with zero attached hydrogens (tertiary/aromatic N) is 2. The van der Waals surface area contributed by atoms with Crippen LogP contribution in [0.2, 0.25) is 0 Å². The average Bonchev–Trinajstić information content (AvgIpc) is 2.94. The van der Waals surface area contributed by atoms with Gasteiger partial charge in [-0.25, -0.2) is 4.98 Å². The van der Waals surface area contributed by atoms with Gasteiger partial charge in [-0.1, -0.05) is 24.3 Å². The zero-order valence-electron chi connectivity index (χ0n) is 12.3. The van der Waals surface area contributed by atoms with E-state index in [4.69, 9.17) is 5.73 Å². The van der Waals surface area contributed by atoms with Gasteiger partial charge in [-0.15, -0.1) is 11.3 Å². The highest BCUT2D eigenvalue weighted by atomic mass is 32.1. The van der Waals surface area contributed by atoms with Gasteiger partial charge in [0.05, 0.1) is 0 Å². The molecule has 6 heteroatoms. The number of thiazole rings is 1. The van der Waals surface area contributed by atoms with Crippen molar-refractivity contribution in [3.8, 4) is 0 Å². The van der Waals surface area contributed by atoms with E-state index in [-0.39, 0.29) is 5.91 Å². The second-order valence-electron chi connectivity index (χ2n) is 5.02. The number of carbonyl (C=O) groups excluding carboxylic acids is 1. The smallest absolute Gasteiger partial charge is 0.271 e. The van der Waals surface area contributed by atoms with E-state index in [9.17, 15) is 4.79 Å². The molecule has 2 aromatic rings. The van der Waals surface area contributed by atoms with E-state index in [0.29, 0.717) is 18.8 Å². The van der Waals surface area contributed by atoms with Crippen molar-refractivity contribution in [3.05, 3.63) is 51.5 Å². The number of hydrogen-bond donors (Lipinski definition) is 2. The molecule has 1 heterocycles. The van der Waals surface area contributed by atoms with Crippen LogP contribution in [0.15, 0.2) is 29.6 Å². The molecule has 5 nitrogen and oxygen atoms in total. The minimum Gasteiger partial charge on any atom is -0.347 e. The van der Waals surface area contributed by atoms with Crippen molar-refractivity contribution >= 4 is 17.2 Å². The lowest BCUT2D eigenvalue weighted by molar-refractivity contribution is 0.0946. The number of amides is 1.